The Morgan fingerprint density at radius 3 is 2.48 bits per heavy atom. The van der Waals surface area contributed by atoms with E-state index in [1.165, 1.54) is 34.8 Å². The maximum atomic E-state index is 12.9. The number of benzene rings is 2. The van der Waals surface area contributed by atoms with Crippen LogP contribution in [0.15, 0.2) is 91.5 Å². The number of aromatic hydroxyl groups is 1. The number of thiophene rings is 2. The quantitative estimate of drug-likeness (QED) is 0.0757. The second-order valence-corrected chi connectivity index (χ2v) is 15.8. The van der Waals surface area contributed by atoms with Crippen molar-refractivity contribution in [3.63, 3.8) is 0 Å². The van der Waals surface area contributed by atoms with Crippen LogP contribution in [0.2, 0.25) is 0 Å². The zero-order valence-electron chi connectivity index (χ0n) is 29.9. The van der Waals surface area contributed by atoms with E-state index in [0.29, 0.717) is 57.4 Å². The van der Waals surface area contributed by atoms with Crippen LogP contribution in [0.4, 0.5) is 0 Å². The predicted octanol–water partition coefficient (Wildman–Crippen LogP) is 5.81. The molecule has 14 heteroatoms. The summed E-state index contributed by atoms with van der Waals surface area (Å²) in [5, 5.41) is 39.1. The lowest BCUT2D eigenvalue weighted by atomic mass is 9.90. The minimum absolute atomic E-state index is 0.0531. The number of carboxylic acids is 1. The van der Waals surface area contributed by atoms with Crippen LogP contribution >= 0.6 is 22.7 Å². The van der Waals surface area contributed by atoms with Gasteiger partial charge in [-0.1, -0.05) is 24.3 Å². The standard InChI is InChI=1S/C40H44N4O8S2/c1-43(26-8-10-27(11-9-26)52-40(38(48)49,34-5-2-21-53-34)35-6-3-22-54-35)19-4-20-44-30-14-7-25(23-33(30)51-39(44)50)17-18-41-24-32(46)28-12-15-31(45)37-29(28)13-16-36(47)42-37/h2-3,5-7,12-16,21-23,26-27,32,41,45-46H,4,8-11,17-20,24H2,1H3,(H,42,47)(H,48,49)/t26?,27?,32-/m0/s1. The molecule has 54 heavy (non-hydrogen) atoms. The molecule has 0 amide bonds. The molecule has 6 aromatic rings. The smallest absolute Gasteiger partial charge is 0.419 e. The summed E-state index contributed by atoms with van der Waals surface area (Å²) in [4.78, 5) is 43.7. The number of phenolic OH excluding ortho intramolecular Hbond substituents is 1. The summed E-state index contributed by atoms with van der Waals surface area (Å²) >= 11 is 2.81. The van der Waals surface area contributed by atoms with Gasteiger partial charge in [0.2, 0.25) is 11.2 Å². The van der Waals surface area contributed by atoms with E-state index in [0.717, 1.165) is 49.7 Å². The minimum Gasteiger partial charge on any atom is -0.506 e. The number of H-pyrrole nitrogens is 1. The lowest BCUT2D eigenvalue weighted by molar-refractivity contribution is -0.170. The average molecular weight is 773 g/mol. The number of aliphatic hydroxyl groups excluding tert-OH is 1. The Hall–Kier alpha value is -4.57. The van der Waals surface area contributed by atoms with E-state index in [-0.39, 0.29) is 29.7 Å². The number of ether oxygens (including phenoxy) is 1. The van der Waals surface area contributed by atoms with Gasteiger partial charge in [0, 0.05) is 30.6 Å². The van der Waals surface area contributed by atoms with E-state index in [4.69, 9.17) is 9.15 Å². The average Bonchev–Trinajstić information content (AvgIpc) is 3.96. The molecule has 1 aliphatic carbocycles. The molecular formula is C40H44N4O8S2. The summed E-state index contributed by atoms with van der Waals surface area (Å²) in [7, 11) is 2.11. The Labute approximate surface area is 319 Å². The number of aryl methyl sites for hydroxylation is 1. The molecule has 0 spiro atoms. The zero-order chi connectivity index (χ0) is 37.8. The third kappa shape index (κ3) is 7.81. The molecule has 1 atom stereocenters. The van der Waals surface area contributed by atoms with Crippen molar-refractivity contribution in [3.8, 4) is 5.75 Å². The number of carbonyl (C=O) groups is 1. The number of nitrogens with one attached hydrogen (secondary N) is 2. The highest BCUT2D eigenvalue weighted by Crippen LogP contribution is 2.42. The highest BCUT2D eigenvalue weighted by molar-refractivity contribution is 7.12. The molecule has 0 aliphatic heterocycles. The van der Waals surface area contributed by atoms with Gasteiger partial charge in [-0.05, 0) is 117 Å². The van der Waals surface area contributed by atoms with Crippen LogP contribution in [-0.4, -0.2) is 74.6 Å². The number of nitrogens with zero attached hydrogens (tertiary/aromatic N) is 2. The fraction of sp³-hybridized carbons (Fsp3) is 0.375. The van der Waals surface area contributed by atoms with Gasteiger partial charge in [-0.3, -0.25) is 9.36 Å². The van der Waals surface area contributed by atoms with Crippen LogP contribution in [0.1, 0.15) is 59.1 Å². The summed E-state index contributed by atoms with van der Waals surface area (Å²) < 4.78 is 13.9. The van der Waals surface area contributed by atoms with Crippen LogP contribution in [0.3, 0.4) is 0 Å². The number of pyridine rings is 1. The summed E-state index contributed by atoms with van der Waals surface area (Å²) in [5.74, 6) is -1.43. The summed E-state index contributed by atoms with van der Waals surface area (Å²) in [6, 6.07) is 19.6. The molecule has 4 aromatic heterocycles. The first-order valence-corrected chi connectivity index (χ1v) is 20.0. The van der Waals surface area contributed by atoms with E-state index in [9.17, 15) is 29.7 Å². The first-order valence-electron chi connectivity index (χ1n) is 18.2. The third-order valence-corrected chi connectivity index (χ3v) is 12.4. The van der Waals surface area contributed by atoms with Crippen molar-refractivity contribution in [1.82, 2.24) is 19.8 Å². The maximum Gasteiger partial charge on any atom is 0.419 e. The second kappa shape index (κ2) is 16.4. The van der Waals surface area contributed by atoms with Crippen molar-refractivity contribution in [2.24, 2.45) is 0 Å². The number of rotatable bonds is 16. The molecule has 1 aliphatic rings. The monoisotopic (exact) mass is 772 g/mol. The molecule has 2 aromatic carbocycles. The number of oxazole rings is 1. The van der Waals surface area contributed by atoms with Crippen molar-refractivity contribution in [2.75, 3.05) is 26.7 Å². The van der Waals surface area contributed by atoms with Gasteiger partial charge in [0.15, 0.2) is 5.58 Å². The highest BCUT2D eigenvalue weighted by Gasteiger charge is 2.48. The van der Waals surface area contributed by atoms with E-state index >= 15 is 0 Å². The Balaban J connectivity index is 0.883. The first kappa shape index (κ1) is 37.7. The number of fused-ring (bicyclic) bond motifs is 2. The van der Waals surface area contributed by atoms with Crippen molar-refractivity contribution in [1.29, 1.82) is 0 Å². The van der Waals surface area contributed by atoms with E-state index in [1.807, 2.05) is 53.2 Å². The molecule has 0 radical (unpaired) electrons. The largest absolute Gasteiger partial charge is 0.506 e. The number of carboxylic acid groups (broad SMARTS) is 1. The Bertz CT molecular complexity index is 2270. The maximum absolute atomic E-state index is 12.9. The number of aromatic amines is 1. The Morgan fingerprint density at radius 2 is 1.80 bits per heavy atom. The van der Waals surface area contributed by atoms with Crippen molar-refractivity contribution < 1.29 is 29.3 Å². The fourth-order valence-corrected chi connectivity index (χ4v) is 9.39. The van der Waals surface area contributed by atoms with Gasteiger partial charge in [0.05, 0.1) is 33.0 Å². The number of aromatic nitrogens is 2. The first-order chi connectivity index (χ1) is 26.1. The normalized spacial score (nSPS) is 17.1. The molecule has 5 N–H and O–H groups in total. The van der Waals surface area contributed by atoms with Crippen LogP contribution in [0.5, 0.6) is 5.75 Å². The molecule has 12 nitrogen and oxygen atoms in total. The number of aliphatic hydroxyl groups is 1. The molecule has 1 saturated carbocycles. The van der Waals surface area contributed by atoms with Gasteiger partial charge in [-0.2, -0.15) is 0 Å². The van der Waals surface area contributed by atoms with Crippen LogP contribution in [0, 0.1) is 0 Å². The number of hydrogen-bond donors (Lipinski definition) is 5. The molecular weight excluding hydrogens is 729 g/mol. The topological polar surface area (TPSA) is 170 Å². The van der Waals surface area contributed by atoms with Gasteiger partial charge >= 0.3 is 11.7 Å². The lowest BCUT2D eigenvalue weighted by Gasteiger charge is -2.38. The fourth-order valence-electron chi connectivity index (χ4n) is 7.58. The summed E-state index contributed by atoms with van der Waals surface area (Å²) in [6.45, 7) is 2.17. The summed E-state index contributed by atoms with van der Waals surface area (Å²) in [5.41, 5.74) is 1.35. The van der Waals surface area contributed by atoms with Gasteiger partial charge in [-0.25, -0.2) is 9.59 Å². The van der Waals surface area contributed by atoms with Crippen molar-refractivity contribution in [2.45, 2.75) is 68.9 Å². The molecule has 0 bridgehead atoms. The molecule has 284 valence electrons. The SMILES string of the molecule is CN(CCCn1c(=O)oc2cc(CCNC[C@H](O)c3ccc(O)c4[nH]c(=O)ccc34)ccc21)C1CCC(OC(C(=O)O)(c2cccs2)c2cccs2)CC1. The summed E-state index contributed by atoms with van der Waals surface area (Å²) in [6.07, 6.45) is 3.72. The van der Waals surface area contributed by atoms with Crippen LogP contribution in [0.25, 0.3) is 22.0 Å². The predicted molar refractivity (Wildman–Crippen MR) is 210 cm³/mol. The third-order valence-electron chi connectivity index (χ3n) is 10.5. The Kier molecular flexibility index (Phi) is 11.5. The molecule has 4 heterocycles. The number of hydrogen-bond acceptors (Lipinski definition) is 11. The minimum atomic E-state index is -1.50. The van der Waals surface area contributed by atoms with E-state index in [2.05, 4.69) is 22.2 Å². The van der Waals surface area contributed by atoms with Crippen molar-refractivity contribution in [3.05, 3.63) is 119 Å². The molecule has 1 fully saturated rings. The van der Waals surface area contributed by atoms with Crippen LogP contribution in [-0.2, 0) is 28.1 Å². The zero-order valence-corrected chi connectivity index (χ0v) is 31.5. The van der Waals surface area contributed by atoms with Gasteiger partial charge in [0.1, 0.15) is 5.75 Å². The number of phenols is 1. The van der Waals surface area contributed by atoms with E-state index < -0.39 is 17.7 Å². The van der Waals surface area contributed by atoms with Gasteiger partial charge in [-0.15, -0.1) is 22.7 Å². The van der Waals surface area contributed by atoms with Crippen molar-refractivity contribution >= 4 is 50.6 Å². The molecule has 0 saturated heterocycles. The molecule has 7 rings (SSSR count). The lowest BCUT2D eigenvalue weighted by Crippen LogP contribution is -2.44. The van der Waals surface area contributed by atoms with Gasteiger partial charge < -0.3 is 39.7 Å². The number of aliphatic carboxylic acids is 1. The highest BCUT2D eigenvalue weighted by atomic mass is 32.1. The van der Waals surface area contributed by atoms with E-state index in [1.54, 1.807) is 16.7 Å². The Morgan fingerprint density at radius 1 is 1.06 bits per heavy atom. The molecule has 0 unspecified atom stereocenters. The second-order valence-electron chi connectivity index (χ2n) is 13.9. The van der Waals surface area contributed by atoms with Crippen LogP contribution < -0.4 is 16.6 Å². The van der Waals surface area contributed by atoms with Gasteiger partial charge in [0.25, 0.3) is 0 Å².